The van der Waals surface area contributed by atoms with Crippen LogP contribution in [0.2, 0.25) is 0 Å². The van der Waals surface area contributed by atoms with E-state index in [0.29, 0.717) is 11.7 Å². The number of hydrogen-bond acceptors (Lipinski definition) is 4. The van der Waals surface area contributed by atoms with Gasteiger partial charge in [-0.3, -0.25) is 9.78 Å². The Labute approximate surface area is 194 Å². The van der Waals surface area contributed by atoms with Gasteiger partial charge >= 0.3 is 5.97 Å². The Hall–Kier alpha value is -3.19. The smallest absolute Gasteiger partial charge is 0.325 e. The van der Waals surface area contributed by atoms with Crippen LogP contribution in [0.25, 0.3) is 5.69 Å². The minimum absolute atomic E-state index is 0.0852. The van der Waals surface area contributed by atoms with Gasteiger partial charge in [-0.2, -0.15) is 0 Å². The number of nitrogens with zero attached hydrogens (tertiary/aromatic N) is 3. The second-order valence-electron chi connectivity index (χ2n) is 8.06. The molecule has 1 aliphatic heterocycles. The third kappa shape index (κ3) is 4.12. The number of benzene rings is 1. The summed E-state index contributed by atoms with van der Waals surface area (Å²) in [6, 6.07) is 16.2. The summed E-state index contributed by atoms with van der Waals surface area (Å²) in [5, 5.41) is 3.92. The van der Waals surface area contributed by atoms with Crippen LogP contribution in [-0.4, -0.2) is 38.7 Å². The molecule has 3 aromatic rings. The zero-order valence-corrected chi connectivity index (χ0v) is 19.6. The molecule has 3 heterocycles. The van der Waals surface area contributed by atoms with Gasteiger partial charge in [0.25, 0.3) is 0 Å². The first-order valence-corrected chi connectivity index (χ1v) is 11.2. The SMILES string of the molecule is CCOC(=O)CN1C(=S)N[C@H](c2ccccn2)[C@H]1c1cc(C)n(-c2ccc(C)cc2)c1C. The summed E-state index contributed by atoms with van der Waals surface area (Å²) >= 11 is 5.66. The van der Waals surface area contributed by atoms with Gasteiger partial charge in [-0.15, -0.1) is 0 Å². The summed E-state index contributed by atoms with van der Waals surface area (Å²) < 4.78 is 7.47. The van der Waals surface area contributed by atoms with Crippen molar-refractivity contribution in [1.29, 1.82) is 0 Å². The van der Waals surface area contributed by atoms with Gasteiger partial charge in [0, 0.05) is 23.3 Å². The molecule has 0 saturated carbocycles. The van der Waals surface area contributed by atoms with Crippen molar-refractivity contribution >= 4 is 23.3 Å². The lowest BCUT2D eigenvalue weighted by Gasteiger charge is -2.27. The van der Waals surface area contributed by atoms with Crippen molar-refractivity contribution in [1.82, 2.24) is 19.8 Å². The maximum Gasteiger partial charge on any atom is 0.325 e. The summed E-state index contributed by atoms with van der Waals surface area (Å²) in [6.07, 6.45) is 1.78. The van der Waals surface area contributed by atoms with Gasteiger partial charge in [0.2, 0.25) is 0 Å². The molecule has 0 radical (unpaired) electrons. The predicted molar refractivity (Wildman–Crippen MR) is 129 cm³/mol. The lowest BCUT2D eigenvalue weighted by Crippen LogP contribution is -2.35. The quantitative estimate of drug-likeness (QED) is 0.447. The molecular formula is C25H28N4O2S. The van der Waals surface area contributed by atoms with Gasteiger partial charge in [-0.25, -0.2) is 0 Å². The number of carbonyl (C=O) groups is 1. The predicted octanol–water partition coefficient (Wildman–Crippen LogP) is 4.33. The number of aryl methyl sites for hydroxylation is 2. The molecule has 1 saturated heterocycles. The standard InChI is InChI=1S/C25H28N4O2S/c1-5-31-22(30)15-28-24(23(27-25(28)32)21-8-6-7-13-26-21)20-14-17(3)29(18(20)4)19-11-9-16(2)10-12-19/h6-14,23-24H,5,15H2,1-4H3,(H,27,32)/t23-,24-/m1/s1. The molecule has 1 N–H and O–H groups in total. The molecule has 6 nitrogen and oxygen atoms in total. The number of aromatic nitrogens is 2. The second-order valence-corrected chi connectivity index (χ2v) is 8.44. The van der Waals surface area contributed by atoms with Crippen LogP contribution in [0.1, 0.15) is 47.2 Å². The lowest BCUT2D eigenvalue weighted by atomic mass is 9.97. The molecule has 4 rings (SSSR count). The number of thiocarbonyl (C=S) groups is 1. The fourth-order valence-electron chi connectivity index (χ4n) is 4.44. The molecule has 1 aliphatic rings. The van der Waals surface area contributed by atoms with Crippen molar-refractivity contribution in [2.24, 2.45) is 0 Å². The van der Waals surface area contributed by atoms with Crippen molar-refractivity contribution < 1.29 is 9.53 Å². The van der Waals surface area contributed by atoms with Crippen molar-refractivity contribution in [3.05, 3.63) is 82.9 Å². The molecule has 32 heavy (non-hydrogen) atoms. The molecule has 0 amide bonds. The van der Waals surface area contributed by atoms with Crippen molar-refractivity contribution in [2.45, 2.75) is 39.8 Å². The zero-order chi connectivity index (χ0) is 22.8. The summed E-state index contributed by atoms with van der Waals surface area (Å²) in [7, 11) is 0. The number of carbonyl (C=O) groups excluding carboxylic acids is 1. The third-order valence-electron chi connectivity index (χ3n) is 5.88. The Balaban J connectivity index is 1.80. The van der Waals surface area contributed by atoms with E-state index >= 15 is 0 Å². The first-order chi connectivity index (χ1) is 15.4. The highest BCUT2D eigenvalue weighted by Crippen LogP contribution is 2.41. The molecule has 0 unspecified atom stereocenters. The molecule has 1 aromatic carbocycles. The Kier molecular flexibility index (Phi) is 6.28. The van der Waals surface area contributed by atoms with Crippen LogP contribution in [0.4, 0.5) is 0 Å². The highest BCUT2D eigenvalue weighted by molar-refractivity contribution is 7.80. The summed E-state index contributed by atoms with van der Waals surface area (Å²) in [4.78, 5) is 18.9. The van der Waals surface area contributed by atoms with Gasteiger partial charge in [0.05, 0.1) is 24.4 Å². The fourth-order valence-corrected chi connectivity index (χ4v) is 4.74. The van der Waals surface area contributed by atoms with Gasteiger partial charge in [-0.1, -0.05) is 23.8 Å². The lowest BCUT2D eigenvalue weighted by molar-refractivity contribution is -0.143. The van der Waals surface area contributed by atoms with Crippen LogP contribution in [0.3, 0.4) is 0 Å². The molecule has 0 aliphatic carbocycles. The highest BCUT2D eigenvalue weighted by atomic mass is 32.1. The third-order valence-corrected chi connectivity index (χ3v) is 6.24. The highest BCUT2D eigenvalue weighted by Gasteiger charge is 2.42. The number of nitrogens with one attached hydrogen (secondary N) is 1. The summed E-state index contributed by atoms with van der Waals surface area (Å²) in [5.74, 6) is -0.296. The van der Waals surface area contributed by atoms with E-state index < -0.39 is 0 Å². The number of hydrogen-bond donors (Lipinski definition) is 1. The van der Waals surface area contributed by atoms with Crippen LogP contribution in [-0.2, 0) is 9.53 Å². The van der Waals surface area contributed by atoms with E-state index in [9.17, 15) is 4.79 Å². The number of pyridine rings is 1. The largest absolute Gasteiger partial charge is 0.465 e. The molecule has 1 fully saturated rings. The van der Waals surface area contributed by atoms with Crippen LogP contribution in [0, 0.1) is 20.8 Å². The van der Waals surface area contributed by atoms with Crippen LogP contribution < -0.4 is 5.32 Å². The summed E-state index contributed by atoms with van der Waals surface area (Å²) in [5.41, 5.74) is 6.55. The van der Waals surface area contributed by atoms with Crippen molar-refractivity contribution in [2.75, 3.05) is 13.2 Å². The Morgan fingerprint density at radius 3 is 2.56 bits per heavy atom. The summed E-state index contributed by atoms with van der Waals surface area (Å²) in [6.45, 7) is 8.53. The molecular weight excluding hydrogens is 420 g/mol. The fraction of sp³-hybridized carbons (Fsp3) is 0.320. The van der Waals surface area contributed by atoms with Crippen molar-refractivity contribution in [3.8, 4) is 5.69 Å². The molecule has 0 spiro atoms. The van der Waals surface area contributed by atoms with Crippen molar-refractivity contribution in [3.63, 3.8) is 0 Å². The van der Waals surface area contributed by atoms with E-state index in [1.54, 1.807) is 6.20 Å². The first kappa shape index (κ1) is 22.0. The normalized spacial score (nSPS) is 18.0. The van der Waals surface area contributed by atoms with Gasteiger partial charge in [0.1, 0.15) is 6.54 Å². The van der Waals surface area contributed by atoms with E-state index in [2.05, 4.69) is 66.0 Å². The average molecular weight is 449 g/mol. The van der Waals surface area contributed by atoms with Crippen LogP contribution in [0.5, 0.6) is 0 Å². The number of ether oxygens (including phenoxy) is 1. The molecule has 2 atom stereocenters. The van der Waals surface area contributed by atoms with E-state index in [-0.39, 0.29) is 24.6 Å². The minimum Gasteiger partial charge on any atom is -0.465 e. The topological polar surface area (TPSA) is 59.4 Å². The molecule has 2 aromatic heterocycles. The van der Waals surface area contributed by atoms with Crippen LogP contribution in [0.15, 0.2) is 54.7 Å². The monoisotopic (exact) mass is 448 g/mol. The van der Waals surface area contributed by atoms with Gasteiger partial charge in [-0.05, 0) is 75.8 Å². The van der Waals surface area contributed by atoms with Crippen LogP contribution >= 0.6 is 12.2 Å². The Morgan fingerprint density at radius 2 is 1.91 bits per heavy atom. The number of rotatable bonds is 6. The Bertz CT molecular complexity index is 1120. The minimum atomic E-state index is -0.296. The van der Waals surface area contributed by atoms with E-state index in [4.69, 9.17) is 17.0 Å². The van der Waals surface area contributed by atoms with Gasteiger partial charge in [0.15, 0.2) is 5.11 Å². The second kappa shape index (κ2) is 9.12. The first-order valence-electron chi connectivity index (χ1n) is 10.8. The van der Waals surface area contributed by atoms with E-state index in [1.165, 1.54) is 5.56 Å². The average Bonchev–Trinajstić information content (AvgIpc) is 3.25. The molecule has 166 valence electrons. The zero-order valence-electron chi connectivity index (χ0n) is 18.8. The maximum atomic E-state index is 12.4. The molecule has 7 heteroatoms. The Morgan fingerprint density at radius 1 is 1.16 bits per heavy atom. The molecule has 0 bridgehead atoms. The van der Waals surface area contributed by atoms with E-state index in [0.717, 1.165) is 28.3 Å². The maximum absolute atomic E-state index is 12.4. The van der Waals surface area contributed by atoms with E-state index in [1.807, 2.05) is 30.0 Å². The van der Waals surface area contributed by atoms with Gasteiger partial charge < -0.3 is 19.5 Å². The number of esters is 1.